The predicted octanol–water partition coefficient (Wildman–Crippen LogP) is 3.06. The van der Waals surface area contributed by atoms with Crippen molar-refractivity contribution in [3.8, 4) is 11.5 Å². The lowest BCUT2D eigenvalue weighted by Gasteiger charge is -2.19. The molecule has 8 nitrogen and oxygen atoms in total. The second kappa shape index (κ2) is 10.1. The summed E-state index contributed by atoms with van der Waals surface area (Å²) in [5.74, 6) is -0.573. The zero-order valence-electron chi connectivity index (χ0n) is 16.7. The number of carbonyl (C=O) groups is 3. The Bertz CT molecular complexity index is 877. The van der Waals surface area contributed by atoms with Crippen molar-refractivity contribution in [2.45, 2.75) is 19.4 Å². The van der Waals surface area contributed by atoms with Crippen LogP contribution in [0.25, 0.3) is 0 Å². The number of rotatable bonds is 8. The van der Waals surface area contributed by atoms with Crippen LogP contribution < -0.4 is 14.8 Å². The first-order chi connectivity index (χ1) is 13.9. The minimum absolute atomic E-state index is 0.104. The van der Waals surface area contributed by atoms with Crippen molar-refractivity contribution in [3.05, 3.63) is 53.6 Å². The van der Waals surface area contributed by atoms with E-state index in [1.54, 1.807) is 38.3 Å². The highest BCUT2D eigenvalue weighted by Crippen LogP contribution is 2.22. The third-order valence-corrected chi connectivity index (χ3v) is 4.10. The summed E-state index contributed by atoms with van der Waals surface area (Å²) < 4.78 is 20.3. The van der Waals surface area contributed by atoms with Crippen molar-refractivity contribution in [2.24, 2.45) is 0 Å². The molecule has 0 aliphatic carbocycles. The number of amides is 1. The van der Waals surface area contributed by atoms with Gasteiger partial charge in [0, 0.05) is 0 Å². The smallest absolute Gasteiger partial charge is 0.339 e. The molecule has 0 aromatic heterocycles. The molecule has 1 N–H and O–H groups in total. The van der Waals surface area contributed by atoms with Gasteiger partial charge in [0.15, 0.2) is 6.10 Å². The van der Waals surface area contributed by atoms with Crippen LogP contribution in [0, 0.1) is 0 Å². The molecule has 0 heterocycles. The maximum absolute atomic E-state index is 12.8. The van der Waals surface area contributed by atoms with Gasteiger partial charge in [0.25, 0.3) is 5.91 Å². The van der Waals surface area contributed by atoms with E-state index in [1.807, 2.05) is 0 Å². The van der Waals surface area contributed by atoms with Gasteiger partial charge in [-0.15, -0.1) is 0 Å². The molecule has 2 rings (SSSR count). The Morgan fingerprint density at radius 1 is 0.897 bits per heavy atom. The van der Waals surface area contributed by atoms with Crippen molar-refractivity contribution in [3.63, 3.8) is 0 Å². The lowest BCUT2D eigenvalue weighted by molar-refractivity contribution is -0.122. The van der Waals surface area contributed by atoms with E-state index in [-0.39, 0.29) is 16.8 Å². The average Bonchev–Trinajstić information content (AvgIpc) is 2.76. The first-order valence-electron chi connectivity index (χ1n) is 8.85. The molecule has 0 saturated carbocycles. The summed E-state index contributed by atoms with van der Waals surface area (Å²) in [7, 11) is 4.02. The minimum atomic E-state index is -0.823. The SMILES string of the molecule is CCC(Oc1ccc(OC)cc1)C(=O)Nc1cc(C(=O)OC)ccc1C(=O)OC. The number of ether oxygens (including phenoxy) is 4. The van der Waals surface area contributed by atoms with Crippen LogP contribution in [-0.2, 0) is 14.3 Å². The van der Waals surface area contributed by atoms with Gasteiger partial charge in [-0.1, -0.05) is 6.92 Å². The zero-order valence-corrected chi connectivity index (χ0v) is 16.7. The molecule has 1 amide bonds. The normalized spacial score (nSPS) is 11.2. The maximum Gasteiger partial charge on any atom is 0.339 e. The van der Waals surface area contributed by atoms with Gasteiger partial charge >= 0.3 is 11.9 Å². The summed E-state index contributed by atoms with van der Waals surface area (Å²) in [5.41, 5.74) is 0.411. The summed E-state index contributed by atoms with van der Waals surface area (Å²) in [5, 5.41) is 2.64. The van der Waals surface area contributed by atoms with Crippen molar-refractivity contribution in [1.82, 2.24) is 0 Å². The molecule has 1 unspecified atom stereocenters. The van der Waals surface area contributed by atoms with E-state index >= 15 is 0 Å². The monoisotopic (exact) mass is 401 g/mol. The van der Waals surface area contributed by atoms with Crippen LogP contribution in [0.2, 0.25) is 0 Å². The van der Waals surface area contributed by atoms with Crippen molar-refractivity contribution >= 4 is 23.5 Å². The lowest BCUT2D eigenvalue weighted by atomic mass is 10.1. The molecule has 0 aliphatic rings. The second-order valence-corrected chi connectivity index (χ2v) is 5.92. The molecule has 1 atom stereocenters. The molecular formula is C21H23NO7. The summed E-state index contributed by atoms with van der Waals surface area (Å²) >= 11 is 0. The standard InChI is InChI=1S/C21H23NO7/c1-5-18(29-15-9-7-14(26-2)8-10-15)19(23)22-17-12-13(20(24)27-3)6-11-16(17)21(25)28-4/h6-12,18H,5H2,1-4H3,(H,22,23). The van der Waals surface area contributed by atoms with E-state index in [9.17, 15) is 14.4 Å². The summed E-state index contributed by atoms with van der Waals surface area (Å²) in [4.78, 5) is 36.6. The van der Waals surface area contributed by atoms with Crippen LogP contribution in [-0.4, -0.2) is 45.3 Å². The highest BCUT2D eigenvalue weighted by molar-refractivity contribution is 6.04. The average molecular weight is 401 g/mol. The van der Waals surface area contributed by atoms with Gasteiger partial charge in [0.1, 0.15) is 11.5 Å². The van der Waals surface area contributed by atoms with Crippen LogP contribution in [0.4, 0.5) is 5.69 Å². The third kappa shape index (κ3) is 5.47. The van der Waals surface area contributed by atoms with Gasteiger partial charge in [-0.25, -0.2) is 9.59 Å². The van der Waals surface area contributed by atoms with E-state index in [4.69, 9.17) is 14.2 Å². The zero-order chi connectivity index (χ0) is 21.4. The number of anilines is 1. The molecule has 0 radical (unpaired) electrons. The predicted molar refractivity (Wildman–Crippen MR) is 105 cm³/mol. The van der Waals surface area contributed by atoms with Crippen LogP contribution in [0.1, 0.15) is 34.1 Å². The van der Waals surface area contributed by atoms with E-state index < -0.39 is 23.9 Å². The Hall–Kier alpha value is -3.55. The van der Waals surface area contributed by atoms with Crippen molar-refractivity contribution < 1.29 is 33.3 Å². The molecule has 8 heteroatoms. The van der Waals surface area contributed by atoms with Gasteiger partial charge in [-0.05, 0) is 48.9 Å². The van der Waals surface area contributed by atoms with Crippen molar-refractivity contribution in [2.75, 3.05) is 26.6 Å². The topological polar surface area (TPSA) is 100 Å². The highest BCUT2D eigenvalue weighted by atomic mass is 16.5. The molecule has 0 spiro atoms. The molecule has 0 saturated heterocycles. The maximum atomic E-state index is 12.8. The van der Waals surface area contributed by atoms with Gasteiger partial charge in [0.2, 0.25) is 0 Å². The molecule has 0 bridgehead atoms. The number of nitrogens with one attached hydrogen (secondary N) is 1. The first-order valence-corrected chi connectivity index (χ1v) is 8.85. The number of hydrogen-bond acceptors (Lipinski definition) is 7. The molecule has 154 valence electrons. The number of carbonyl (C=O) groups excluding carboxylic acids is 3. The third-order valence-electron chi connectivity index (χ3n) is 4.10. The lowest BCUT2D eigenvalue weighted by Crippen LogP contribution is -2.33. The van der Waals surface area contributed by atoms with Crippen LogP contribution >= 0.6 is 0 Å². The van der Waals surface area contributed by atoms with E-state index in [1.165, 1.54) is 32.4 Å². The molecule has 0 fully saturated rings. The Morgan fingerprint density at radius 3 is 2.07 bits per heavy atom. The summed E-state index contributed by atoms with van der Waals surface area (Å²) in [6.07, 6.45) is -0.446. The molecular weight excluding hydrogens is 378 g/mol. The van der Waals surface area contributed by atoms with Gasteiger partial charge in [-0.2, -0.15) is 0 Å². The summed E-state index contributed by atoms with van der Waals surface area (Å²) in [6.45, 7) is 1.79. The van der Waals surface area contributed by atoms with E-state index in [2.05, 4.69) is 10.1 Å². The van der Waals surface area contributed by atoms with Crippen molar-refractivity contribution in [1.29, 1.82) is 0 Å². The van der Waals surface area contributed by atoms with Gasteiger partial charge < -0.3 is 24.3 Å². The summed E-state index contributed by atoms with van der Waals surface area (Å²) in [6, 6.07) is 11.0. The number of esters is 2. The largest absolute Gasteiger partial charge is 0.497 e. The number of benzene rings is 2. The molecule has 2 aromatic carbocycles. The Kier molecular flexibility index (Phi) is 7.59. The number of methoxy groups -OCH3 is 3. The van der Waals surface area contributed by atoms with Gasteiger partial charge in [0.05, 0.1) is 38.1 Å². The Labute approximate surface area is 168 Å². The first kappa shape index (κ1) is 21.7. The number of hydrogen-bond donors (Lipinski definition) is 1. The molecule has 0 aliphatic heterocycles. The fraction of sp³-hybridized carbons (Fsp3) is 0.286. The van der Waals surface area contributed by atoms with Crippen LogP contribution in [0.3, 0.4) is 0 Å². The van der Waals surface area contributed by atoms with Crippen LogP contribution in [0.5, 0.6) is 11.5 Å². The fourth-order valence-electron chi connectivity index (χ4n) is 2.53. The van der Waals surface area contributed by atoms with Crippen LogP contribution in [0.15, 0.2) is 42.5 Å². The second-order valence-electron chi connectivity index (χ2n) is 5.92. The van der Waals surface area contributed by atoms with Gasteiger partial charge in [-0.3, -0.25) is 4.79 Å². The molecule has 2 aromatic rings. The highest BCUT2D eigenvalue weighted by Gasteiger charge is 2.22. The Morgan fingerprint density at radius 2 is 1.52 bits per heavy atom. The Balaban J connectivity index is 2.25. The fourth-order valence-corrected chi connectivity index (χ4v) is 2.53. The minimum Gasteiger partial charge on any atom is -0.497 e. The quantitative estimate of drug-likeness (QED) is 0.679. The van der Waals surface area contributed by atoms with E-state index in [0.29, 0.717) is 17.9 Å². The van der Waals surface area contributed by atoms with E-state index in [0.717, 1.165) is 0 Å². The molecule has 29 heavy (non-hydrogen) atoms.